The first-order valence-electron chi connectivity index (χ1n) is 3.64. The highest BCUT2D eigenvalue weighted by molar-refractivity contribution is 7.22. The Bertz CT molecular complexity index is 414. The molecule has 0 fully saturated rings. The standard InChI is InChI=1S/C8H6F2N2S/c1-11-8-12-6-4(9)2-3-5(10)7(6)13-8/h2-3H,1H3,(H,11,12). The Labute approximate surface area is 77.2 Å². The molecule has 2 aromatic rings. The lowest BCUT2D eigenvalue weighted by Gasteiger charge is -1.90. The molecule has 0 aliphatic carbocycles. The predicted molar refractivity (Wildman–Crippen MR) is 49.1 cm³/mol. The van der Waals surface area contributed by atoms with E-state index in [-0.39, 0.29) is 10.2 Å². The summed E-state index contributed by atoms with van der Waals surface area (Å²) in [7, 11) is 1.66. The smallest absolute Gasteiger partial charge is 0.183 e. The van der Waals surface area contributed by atoms with Crippen molar-refractivity contribution in [3.05, 3.63) is 23.8 Å². The summed E-state index contributed by atoms with van der Waals surface area (Å²) >= 11 is 1.10. The van der Waals surface area contributed by atoms with Crippen LogP contribution >= 0.6 is 11.3 Å². The number of thiazole rings is 1. The van der Waals surface area contributed by atoms with Crippen LogP contribution in [-0.2, 0) is 0 Å². The SMILES string of the molecule is CNc1nc2c(F)ccc(F)c2s1. The molecule has 0 saturated heterocycles. The second kappa shape index (κ2) is 2.92. The van der Waals surface area contributed by atoms with Crippen LogP contribution in [0.15, 0.2) is 12.1 Å². The van der Waals surface area contributed by atoms with Crippen molar-refractivity contribution >= 4 is 26.7 Å². The van der Waals surface area contributed by atoms with Crippen molar-refractivity contribution in [3.8, 4) is 0 Å². The highest BCUT2D eigenvalue weighted by Crippen LogP contribution is 2.29. The van der Waals surface area contributed by atoms with Crippen LogP contribution in [0.2, 0.25) is 0 Å². The zero-order chi connectivity index (χ0) is 9.42. The number of hydrogen-bond acceptors (Lipinski definition) is 3. The highest BCUT2D eigenvalue weighted by atomic mass is 32.1. The van der Waals surface area contributed by atoms with Gasteiger partial charge in [0.15, 0.2) is 10.9 Å². The van der Waals surface area contributed by atoms with Crippen molar-refractivity contribution in [2.45, 2.75) is 0 Å². The third-order valence-electron chi connectivity index (χ3n) is 1.66. The van der Waals surface area contributed by atoms with E-state index in [1.165, 1.54) is 0 Å². The number of aromatic nitrogens is 1. The van der Waals surface area contributed by atoms with Gasteiger partial charge < -0.3 is 5.32 Å². The molecule has 2 rings (SSSR count). The molecule has 1 heterocycles. The van der Waals surface area contributed by atoms with E-state index < -0.39 is 11.6 Å². The Morgan fingerprint density at radius 2 is 2.00 bits per heavy atom. The molecule has 2 nitrogen and oxygen atoms in total. The summed E-state index contributed by atoms with van der Waals surface area (Å²) in [6.45, 7) is 0. The molecule has 0 aliphatic heterocycles. The van der Waals surface area contributed by atoms with Gasteiger partial charge in [0.2, 0.25) is 0 Å². The quantitative estimate of drug-likeness (QED) is 0.765. The van der Waals surface area contributed by atoms with Crippen LogP contribution in [0.1, 0.15) is 0 Å². The fourth-order valence-electron chi connectivity index (χ4n) is 1.05. The molecule has 0 spiro atoms. The molecule has 1 N–H and O–H groups in total. The Morgan fingerprint density at radius 3 is 2.62 bits per heavy atom. The van der Waals surface area contributed by atoms with E-state index >= 15 is 0 Å². The van der Waals surface area contributed by atoms with Gasteiger partial charge in [-0.2, -0.15) is 0 Å². The minimum absolute atomic E-state index is 0.0920. The highest BCUT2D eigenvalue weighted by Gasteiger charge is 2.11. The van der Waals surface area contributed by atoms with Gasteiger partial charge in [-0.15, -0.1) is 0 Å². The Morgan fingerprint density at radius 1 is 1.31 bits per heavy atom. The van der Waals surface area contributed by atoms with Crippen molar-refractivity contribution in [2.24, 2.45) is 0 Å². The minimum atomic E-state index is -0.492. The van der Waals surface area contributed by atoms with E-state index in [9.17, 15) is 8.78 Å². The molecule has 0 atom stereocenters. The van der Waals surface area contributed by atoms with E-state index in [0.717, 1.165) is 23.5 Å². The maximum absolute atomic E-state index is 13.1. The second-order valence-electron chi connectivity index (χ2n) is 2.48. The number of anilines is 1. The molecule has 0 amide bonds. The summed E-state index contributed by atoms with van der Waals surface area (Å²) in [5.41, 5.74) is 0.0920. The van der Waals surface area contributed by atoms with E-state index in [1.54, 1.807) is 7.05 Å². The minimum Gasteiger partial charge on any atom is -0.365 e. The number of hydrogen-bond donors (Lipinski definition) is 1. The predicted octanol–water partition coefficient (Wildman–Crippen LogP) is 2.62. The van der Waals surface area contributed by atoms with Crippen LogP contribution in [0, 0.1) is 11.6 Å². The lowest BCUT2D eigenvalue weighted by molar-refractivity contribution is 0.617. The summed E-state index contributed by atoms with van der Waals surface area (Å²) < 4.78 is 26.4. The third-order valence-corrected chi connectivity index (χ3v) is 2.74. The van der Waals surface area contributed by atoms with Crippen LogP contribution in [0.25, 0.3) is 10.2 Å². The average molecular weight is 200 g/mol. The van der Waals surface area contributed by atoms with Crippen molar-refractivity contribution in [3.63, 3.8) is 0 Å². The molecule has 13 heavy (non-hydrogen) atoms. The molecule has 0 unspecified atom stereocenters. The lowest BCUT2D eigenvalue weighted by Crippen LogP contribution is -1.85. The van der Waals surface area contributed by atoms with Gasteiger partial charge in [-0.25, -0.2) is 13.8 Å². The lowest BCUT2D eigenvalue weighted by atomic mass is 10.3. The van der Waals surface area contributed by atoms with Gasteiger partial charge in [-0.3, -0.25) is 0 Å². The van der Waals surface area contributed by atoms with Crippen LogP contribution in [0.5, 0.6) is 0 Å². The summed E-state index contributed by atoms with van der Waals surface area (Å²) in [6, 6.07) is 2.19. The first-order chi connectivity index (χ1) is 6.22. The van der Waals surface area contributed by atoms with Crippen molar-refractivity contribution in [1.29, 1.82) is 0 Å². The molecule has 5 heteroatoms. The van der Waals surface area contributed by atoms with Crippen LogP contribution in [-0.4, -0.2) is 12.0 Å². The Hall–Kier alpha value is -1.23. The summed E-state index contributed by atoms with van der Waals surface area (Å²) in [6.07, 6.45) is 0. The normalized spacial score (nSPS) is 10.7. The van der Waals surface area contributed by atoms with Crippen LogP contribution < -0.4 is 5.32 Å². The molecule has 0 aliphatic rings. The molecule has 68 valence electrons. The van der Waals surface area contributed by atoms with Gasteiger partial charge in [-0.05, 0) is 12.1 Å². The van der Waals surface area contributed by atoms with E-state index in [1.807, 2.05) is 0 Å². The third kappa shape index (κ3) is 1.25. The van der Waals surface area contributed by atoms with Gasteiger partial charge in [-0.1, -0.05) is 11.3 Å². The van der Waals surface area contributed by atoms with Crippen molar-refractivity contribution in [2.75, 3.05) is 12.4 Å². The maximum atomic E-state index is 13.1. The fraction of sp³-hybridized carbons (Fsp3) is 0.125. The number of benzene rings is 1. The average Bonchev–Trinajstić information content (AvgIpc) is 2.56. The summed E-state index contributed by atoms with van der Waals surface area (Å²) in [5.74, 6) is -0.926. The largest absolute Gasteiger partial charge is 0.365 e. The fourth-order valence-corrected chi connectivity index (χ4v) is 1.89. The molecule has 0 saturated carbocycles. The molecule has 1 aromatic heterocycles. The van der Waals surface area contributed by atoms with Gasteiger partial charge in [0, 0.05) is 7.05 Å². The van der Waals surface area contributed by atoms with Gasteiger partial charge in [0.1, 0.15) is 11.3 Å². The van der Waals surface area contributed by atoms with E-state index in [2.05, 4.69) is 10.3 Å². The van der Waals surface area contributed by atoms with Crippen molar-refractivity contribution in [1.82, 2.24) is 4.98 Å². The zero-order valence-electron chi connectivity index (χ0n) is 6.77. The monoisotopic (exact) mass is 200 g/mol. The molecule has 0 radical (unpaired) electrons. The second-order valence-corrected chi connectivity index (χ2v) is 3.48. The molecular weight excluding hydrogens is 194 g/mol. The number of nitrogens with zero attached hydrogens (tertiary/aromatic N) is 1. The molecule has 1 aromatic carbocycles. The number of rotatable bonds is 1. The number of fused-ring (bicyclic) bond motifs is 1. The van der Waals surface area contributed by atoms with Gasteiger partial charge in [0.05, 0.1) is 4.70 Å². The van der Waals surface area contributed by atoms with Crippen molar-refractivity contribution < 1.29 is 8.78 Å². The zero-order valence-corrected chi connectivity index (χ0v) is 7.58. The number of nitrogens with one attached hydrogen (secondary N) is 1. The summed E-state index contributed by atoms with van der Waals surface area (Å²) in [5, 5.41) is 3.26. The first kappa shape index (κ1) is 8.37. The van der Waals surface area contributed by atoms with Crippen LogP contribution in [0.3, 0.4) is 0 Å². The summed E-state index contributed by atoms with van der Waals surface area (Å²) in [4.78, 5) is 3.88. The van der Waals surface area contributed by atoms with Crippen LogP contribution in [0.4, 0.5) is 13.9 Å². The first-order valence-corrected chi connectivity index (χ1v) is 4.46. The van der Waals surface area contributed by atoms with E-state index in [0.29, 0.717) is 5.13 Å². The Balaban J connectivity index is 2.80. The van der Waals surface area contributed by atoms with Gasteiger partial charge >= 0.3 is 0 Å². The number of halogens is 2. The maximum Gasteiger partial charge on any atom is 0.183 e. The molecule has 0 bridgehead atoms. The molecular formula is C8H6F2N2S. The Kier molecular flexibility index (Phi) is 1.88. The van der Waals surface area contributed by atoms with Gasteiger partial charge in [0.25, 0.3) is 0 Å². The van der Waals surface area contributed by atoms with E-state index in [4.69, 9.17) is 0 Å². The topological polar surface area (TPSA) is 24.9 Å².